The maximum atomic E-state index is 11.2. The molecule has 0 aromatic rings. The second-order valence-corrected chi connectivity index (χ2v) is 5.84. The van der Waals surface area contributed by atoms with E-state index in [9.17, 15) is 4.57 Å². The smallest absolute Gasteiger partial charge is 0.0893 e. The zero-order valence-electron chi connectivity index (χ0n) is 5.09. The van der Waals surface area contributed by atoms with Gasteiger partial charge in [0.05, 0.1) is 20.4 Å². The molecule has 8 heavy (non-hydrogen) atoms. The van der Waals surface area contributed by atoms with Crippen LogP contribution in [0.1, 0.15) is 0 Å². The second kappa shape index (κ2) is 2.20. The summed E-state index contributed by atoms with van der Waals surface area (Å²) in [6.45, 7) is 3.26. The standard InChI is InChI=1S/C5H11O2P/c1-8(6)4-2-7-3-5-8/h2-5H2,1H3. The van der Waals surface area contributed by atoms with Crippen LogP contribution in [0.15, 0.2) is 0 Å². The summed E-state index contributed by atoms with van der Waals surface area (Å²) < 4.78 is 16.2. The lowest BCUT2D eigenvalue weighted by Crippen LogP contribution is -2.13. The third-order valence-corrected chi connectivity index (χ3v) is 3.67. The maximum Gasteiger partial charge on any atom is 0.0893 e. The van der Waals surface area contributed by atoms with E-state index >= 15 is 0 Å². The molecule has 0 amide bonds. The minimum atomic E-state index is -1.71. The fourth-order valence-corrected chi connectivity index (χ4v) is 1.98. The van der Waals surface area contributed by atoms with Crippen LogP contribution in [-0.2, 0) is 9.30 Å². The van der Waals surface area contributed by atoms with Crippen LogP contribution in [-0.4, -0.2) is 32.2 Å². The van der Waals surface area contributed by atoms with Gasteiger partial charge >= 0.3 is 0 Å². The second-order valence-electron chi connectivity index (χ2n) is 2.36. The molecule has 0 bridgehead atoms. The highest BCUT2D eigenvalue weighted by atomic mass is 31.2. The minimum Gasteiger partial charge on any atom is -0.380 e. The van der Waals surface area contributed by atoms with Gasteiger partial charge in [0.15, 0.2) is 0 Å². The lowest BCUT2D eigenvalue weighted by Gasteiger charge is -2.17. The molecule has 0 aliphatic carbocycles. The van der Waals surface area contributed by atoms with E-state index in [2.05, 4.69) is 0 Å². The van der Waals surface area contributed by atoms with Gasteiger partial charge in [-0.15, -0.1) is 0 Å². The Bertz CT molecular complexity index is 112. The first-order chi connectivity index (χ1) is 3.71. The Morgan fingerprint density at radius 2 is 1.88 bits per heavy atom. The molecular weight excluding hydrogens is 123 g/mol. The molecule has 0 spiro atoms. The molecular formula is C5H11O2P. The van der Waals surface area contributed by atoms with Gasteiger partial charge in [0.1, 0.15) is 0 Å². The van der Waals surface area contributed by atoms with Crippen LogP contribution in [0.5, 0.6) is 0 Å². The SMILES string of the molecule is CP1(=O)CCOCC1. The lowest BCUT2D eigenvalue weighted by molar-refractivity contribution is 0.155. The van der Waals surface area contributed by atoms with E-state index in [-0.39, 0.29) is 0 Å². The van der Waals surface area contributed by atoms with Crippen LogP contribution in [0, 0.1) is 0 Å². The van der Waals surface area contributed by atoms with Gasteiger partial charge in [-0.3, -0.25) is 0 Å². The Balaban J connectivity index is 2.45. The van der Waals surface area contributed by atoms with E-state index in [1.807, 2.05) is 6.66 Å². The fraction of sp³-hybridized carbons (Fsp3) is 1.00. The topological polar surface area (TPSA) is 26.3 Å². The van der Waals surface area contributed by atoms with Crippen LogP contribution in [0.25, 0.3) is 0 Å². The molecule has 0 aromatic heterocycles. The van der Waals surface area contributed by atoms with Gasteiger partial charge in [-0.1, -0.05) is 0 Å². The largest absolute Gasteiger partial charge is 0.380 e. The summed E-state index contributed by atoms with van der Waals surface area (Å²) in [7, 11) is -1.71. The number of rotatable bonds is 0. The summed E-state index contributed by atoms with van der Waals surface area (Å²) >= 11 is 0. The summed E-state index contributed by atoms with van der Waals surface area (Å²) in [6.07, 6.45) is 1.57. The molecule has 1 aliphatic rings. The third kappa shape index (κ3) is 1.61. The predicted molar refractivity (Wildman–Crippen MR) is 34.1 cm³/mol. The highest BCUT2D eigenvalue weighted by Crippen LogP contribution is 2.41. The molecule has 48 valence electrons. The molecule has 0 N–H and O–H groups in total. The Morgan fingerprint density at radius 3 is 2.12 bits per heavy atom. The molecule has 1 aliphatic heterocycles. The molecule has 1 rings (SSSR count). The van der Waals surface area contributed by atoms with Crippen molar-refractivity contribution in [3.63, 3.8) is 0 Å². The molecule has 0 saturated carbocycles. The van der Waals surface area contributed by atoms with Crippen LogP contribution in [0.4, 0.5) is 0 Å². The summed E-state index contributed by atoms with van der Waals surface area (Å²) in [5, 5.41) is 0. The third-order valence-electron chi connectivity index (χ3n) is 1.42. The van der Waals surface area contributed by atoms with Crippen molar-refractivity contribution < 1.29 is 9.30 Å². The number of hydrogen-bond donors (Lipinski definition) is 0. The van der Waals surface area contributed by atoms with Gasteiger partial charge in [0.25, 0.3) is 0 Å². The summed E-state index contributed by atoms with van der Waals surface area (Å²) in [6, 6.07) is 0. The molecule has 0 radical (unpaired) electrons. The molecule has 2 nitrogen and oxygen atoms in total. The summed E-state index contributed by atoms with van der Waals surface area (Å²) in [4.78, 5) is 0. The van der Waals surface area contributed by atoms with E-state index < -0.39 is 7.14 Å². The van der Waals surface area contributed by atoms with Gasteiger partial charge in [0, 0.05) is 12.3 Å². The van der Waals surface area contributed by atoms with E-state index in [4.69, 9.17) is 4.74 Å². The molecule has 1 saturated heterocycles. The van der Waals surface area contributed by atoms with E-state index in [1.54, 1.807) is 0 Å². The summed E-state index contributed by atoms with van der Waals surface area (Å²) in [5.41, 5.74) is 0. The predicted octanol–water partition coefficient (Wildman–Crippen LogP) is 1.01. The molecule has 0 atom stereocenters. The zero-order chi connectivity index (χ0) is 6.04. The molecule has 1 heterocycles. The highest BCUT2D eigenvalue weighted by molar-refractivity contribution is 7.63. The number of hydrogen-bond acceptors (Lipinski definition) is 2. The Labute approximate surface area is 49.6 Å². The quantitative estimate of drug-likeness (QED) is 0.462. The van der Waals surface area contributed by atoms with Crippen molar-refractivity contribution in [3.05, 3.63) is 0 Å². The van der Waals surface area contributed by atoms with Gasteiger partial charge < -0.3 is 9.30 Å². The fourth-order valence-electron chi connectivity index (χ4n) is 0.729. The Kier molecular flexibility index (Phi) is 1.74. The van der Waals surface area contributed by atoms with Crippen molar-refractivity contribution in [3.8, 4) is 0 Å². The average Bonchev–Trinajstić information content (AvgIpc) is 1.65. The van der Waals surface area contributed by atoms with Crippen molar-refractivity contribution >= 4 is 7.14 Å². The molecule has 1 fully saturated rings. The van der Waals surface area contributed by atoms with Gasteiger partial charge in [-0.2, -0.15) is 0 Å². The Morgan fingerprint density at radius 1 is 1.38 bits per heavy atom. The van der Waals surface area contributed by atoms with Crippen LogP contribution in [0.2, 0.25) is 0 Å². The van der Waals surface area contributed by atoms with Crippen LogP contribution >= 0.6 is 7.14 Å². The van der Waals surface area contributed by atoms with E-state index in [0.717, 1.165) is 12.3 Å². The lowest BCUT2D eigenvalue weighted by atomic mass is 10.8. The van der Waals surface area contributed by atoms with Gasteiger partial charge in [-0.05, 0) is 6.66 Å². The first-order valence-corrected chi connectivity index (χ1v) is 5.36. The van der Waals surface area contributed by atoms with Crippen molar-refractivity contribution in [1.82, 2.24) is 0 Å². The van der Waals surface area contributed by atoms with E-state index in [1.165, 1.54) is 0 Å². The monoisotopic (exact) mass is 134 g/mol. The molecule has 0 unspecified atom stereocenters. The minimum absolute atomic E-state index is 0.702. The van der Waals surface area contributed by atoms with Crippen molar-refractivity contribution in [2.45, 2.75) is 0 Å². The summed E-state index contributed by atoms with van der Waals surface area (Å²) in [5.74, 6) is 0. The maximum absolute atomic E-state index is 11.2. The molecule has 0 aromatic carbocycles. The zero-order valence-corrected chi connectivity index (χ0v) is 5.99. The normalized spacial score (nSPS) is 27.6. The Hall–Kier alpha value is 0.190. The van der Waals surface area contributed by atoms with Crippen molar-refractivity contribution in [1.29, 1.82) is 0 Å². The van der Waals surface area contributed by atoms with Gasteiger partial charge in [0.2, 0.25) is 0 Å². The van der Waals surface area contributed by atoms with Crippen LogP contribution in [0.3, 0.4) is 0 Å². The van der Waals surface area contributed by atoms with Crippen LogP contribution < -0.4 is 0 Å². The van der Waals surface area contributed by atoms with Crippen molar-refractivity contribution in [2.24, 2.45) is 0 Å². The highest BCUT2D eigenvalue weighted by Gasteiger charge is 2.18. The first kappa shape index (κ1) is 6.31. The first-order valence-electron chi connectivity index (χ1n) is 2.84. The van der Waals surface area contributed by atoms with E-state index in [0.29, 0.717) is 13.2 Å². The van der Waals surface area contributed by atoms with Gasteiger partial charge in [-0.25, -0.2) is 0 Å². The molecule has 3 heteroatoms. The average molecular weight is 134 g/mol. The number of ether oxygens (including phenoxy) is 1. The van der Waals surface area contributed by atoms with Crippen molar-refractivity contribution in [2.75, 3.05) is 32.2 Å².